The van der Waals surface area contributed by atoms with Crippen molar-refractivity contribution in [3.63, 3.8) is 0 Å². The summed E-state index contributed by atoms with van der Waals surface area (Å²) in [5, 5.41) is 23.5. The SMILES string of the molecule is COc1nc(NC2CCC(OCCO)CC2)nn2ccc(-c3ccc(N=N)c(NCCF)c3)c12. The molecule has 0 saturated heterocycles. The number of alkyl halides is 1. The van der Waals surface area contributed by atoms with E-state index in [4.69, 9.17) is 20.1 Å². The molecule has 3 aromatic rings. The van der Waals surface area contributed by atoms with Gasteiger partial charge < -0.3 is 25.2 Å². The standard InChI is InChI=1S/C23H30FN7O3/c1-33-22-21-18(15-2-7-19(29-25)20(14-15)26-10-9-24)8-11-31(21)30-23(28-22)27-16-3-5-17(6-4-16)34-13-12-32/h2,7-8,11,14,16-17,25-26,32H,3-6,9-10,12-13H2,1H3,(H,27,30). The van der Waals surface area contributed by atoms with E-state index in [9.17, 15) is 4.39 Å². The second kappa shape index (κ2) is 11.2. The molecule has 34 heavy (non-hydrogen) atoms. The highest BCUT2D eigenvalue weighted by atomic mass is 19.1. The molecule has 0 bridgehead atoms. The third-order valence-electron chi connectivity index (χ3n) is 5.96. The molecule has 2 heterocycles. The number of aliphatic hydroxyl groups is 1. The van der Waals surface area contributed by atoms with Crippen molar-refractivity contribution in [3.05, 3.63) is 30.5 Å². The van der Waals surface area contributed by atoms with Gasteiger partial charge >= 0.3 is 0 Å². The van der Waals surface area contributed by atoms with Gasteiger partial charge in [0.25, 0.3) is 0 Å². The van der Waals surface area contributed by atoms with Crippen LogP contribution in [0.2, 0.25) is 0 Å². The molecule has 182 valence electrons. The molecule has 11 heteroatoms. The normalized spacial score (nSPS) is 18.1. The largest absolute Gasteiger partial charge is 0.479 e. The number of benzene rings is 1. The summed E-state index contributed by atoms with van der Waals surface area (Å²) in [5.41, 5.74) is 10.8. The Morgan fingerprint density at radius 3 is 2.79 bits per heavy atom. The van der Waals surface area contributed by atoms with Crippen LogP contribution >= 0.6 is 0 Å². The maximum absolute atomic E-state index is 12.7. The number of rotatable bonds is 11. The molecular weight excluding hydrogens is 441 g/mol. The van der Waals surface area contributed by atoms with Crippen LogP contribution in [0.3, 0.4) is 0 Å². The van der Waals surface area contributed by atoms with Crippen molar-refractivity contribution < 1.29 is 19.0 Å². The first-order valence-corrected chi connectivity index (χ1v) is 11.4. The molecule has 0 aliphatic heterocycles. The van der Waals surface area contributed by atoms with Gasteiger partial charge in [0.1, 0.15) is 17.9 Å². The van der Waals surface area contributed by atoms with E-state index in [1.807, 2.05) is 24.4 Å². The first-order valence-electron chi connectivity index (χ1n) is 11.4. The van der Waals surface area contributed by atoms with Crippen molar-refractivity contribution in [2.45, 2.75) is 37.8 Å². The maximum Gasteiger partial charge on any atom is 0.244 e. The molecule has 0 spiro atoms. The van der Waals surface area contributed by atoms with E-state index in [-0.39, 0.29) is 25.3 Å². The summed E-state index contributed by atoms with van der Waals surface area (Å²) in [6.07, 6.45) is 5.73. The molecule has 10 nitrogen and oxygen atoms in total. The third-order valence-corrected chi connectivity index (χ3v) is 5.96. The van der Waals surface area contributed by atoms with Crippen LogP contribution in [0.4, 0.5) is 21.7 Å². The number of fused-ring (bicyclic) bond motifs is 1. The molecule has 4 rings (SSSR count). The molecule has 0 radical (unpaired) electrons. The van der Waals surface area contributed by atoms with Gasteiger partial charge in [-0.2, -0.15) is 10.1 Å². The summed E-state index contributed by atoms with van der Waals surface area (Å²) in [6.45, 7) is 0.0402. The molecule has 4 N–H and O–H groups in total. The Morgan fingerprint density at radius 2 is 2.09 bits per heavy atom. The molecule has 1 aromatic carbocycles. The van der Waals surface area contributed by atoms with E-state index < -0.39 is 6.67 Å². The van der Waals surface area contributed by atoms with Crippen molar-refractivity contribution in [2.75, 3.05) is 44.2 Å². The van der Waals surface area contributed by atoms with E-state index in [1.54, 1.807) is 17.7 Å². The Morgan fingerprint density at radius 1 is 1.26 bits per heavy atom. The van der Waals surface area contributed by atoms with E-state index in [0.29, 0.717) is 35.3 Å². The fraction of sp³-hybridized carbons (Fsp3) is 0.478. The Balaban J connectivity index is 1.56. The predicted molar refractivity (Wildman–Crippen MR) is 127 cm³/mol. The Bertz CT molecular complexity index is 1120. The summed E-state index contributed by atoms with van der Waals surface area (Å²) >= 11 is 0. The van der Waals surface area contributed by atoms with Gasteiger partial charge in [-0.25, -0.2) is 14.4 Å². The number of aliphatic hydroxyl groups excluding tert-OH is 1. The van der Waals surface area contributed by atoms with Gasteiger partial charge in [-0.15, -0.1) is 5.10 Å². The summed E-state index contributed by atoms with van der Waals surface area (Å²) in [6, 6.07) is 7.56. The van der Waals surface area contributed by atoms with Crippen molar-refractivity contribution in [1.82, 2.24) is 14.6 Å². The minimum atomic E-state index is -0.522. The highest BCUT2D eigenvalue weighted by Gasteiger charge is 2.23. The molecule has 0 atom stereocenters. The van der Waals surface area contributed by atoms with Crippen molar-refractivity contribution in [2.24, 2.45) is 5.11 Å². The zero-order chi connectivity index (χ0) is 23.9. The number of anilines is 2. The van der Waals surface area contributed by atoms with Gasteiger partial charge in [0.15, 0.2) is 0 Å². The van der Waals surface area contributed by atoms with Crippen LogP contribution in [0.5, 0.6) is 5.88 Å². The topological polar surface area (TPSA) is 129 Å². The molecular formula is C23H30FN7O3. The maximum atomic E-state index is 12.7. The van der Waals surface area contributed by atoms with Crippen molar-refractivity contribution in [3.8, 4) is 17.0 Å². The van der Waals surface area contributed by atoms with Crippen molar-refractivity contribution in [1.29, 1.82) is 5.53 Å². The van der Waals surface area contributed by atoms with Crippen LogP contribution in [-0.2, 0) is 4.74 Å². The average Bonchev–Trinajstić information content (AvgIpc) is 3.30. The number of hydrogen-bond donors (Lipinski definition) is 4. The molecule has 1 aliphatic rings. The number of methoxy groups -OCH3 is 1. The van der Waals surface area contributed by atoms with Crippen LogP contribution < -0.4 is 15.4 Å². The average molecular weight is 472 g/mol. The lowest BCUT2D eigenvalue weighted by molar-refractivity contribution is 0.00718. The molecule has 1 aliphatic carbocycles. The van der Waals surface area contributed by atoms with Crippen LogP contribution in [0.1, 0.15) is 25.7 Å². The number of nitrogens with zero attached hydrogens (tertiary/aromatic N) is 4. The summed E-state index contributed by atoms with van der Waals surface area (Å²) in [4.78, 5) is 4.60. The van der Waals surface area contributed by atoms with E-state index in [1.165, 1.54) is 0 Å². The molecule has 1 saturated carbocycles. The van der Waals surface area contributed by atoms with E-state index >= 15 is 0 Å². The Labute approximate surface area is 197 Å². The number of ether oxygens (including phenoxy) is 2. The van der Waals surface area contributed by atoms with Gasteiger partial charge in [-0.05, 0) is 49.4 Å². The van der Waals surface area contributed by atoms with Crippen LogP contribution in [0.25, 0.3) is 16.6 Å². The second-order valence-corrected chi connectivity index (χ2v) is 8.14. The number of nitrogens with one attached hydrogen (secondary N) is 3. The monoisotopic (exact) mass is 471 g/mol. The van der Waals surface area contributed by atoms with E-state index in [2.05, 4.69) is 25.8 Å². The highest BCUT2D eigenvalue weighted by Crippen LogP contribution is 2.36. The van der Waals surface area contributed by atoms with Gasteiger partial charge in [-0.1, -0.05) is 6.07 Å². The first-order chi connectivity index (χ1) is 16.7. The zero-order valence-electron chi connectivity index (χ0n) is 19.1. The number of hydrogen-bond acceptors (Lipinski definition) is 9. The van der Waals surface area contributed by atoms with Crippen LogP contribution in [-0.4, -0.2) is 65.4 Å². The third kappa shape index (κ3) is 5.26. The fourth-order valence-corrected chi connectivity index (χ4v) is 4.33. The molecule has 0 amide bonds. The molecule has 0 unspecified atom stereocenters. The van der Waals surface area contributed by atoms with Gasteiger partial charge in [0.05, 0.1) is 32.1 Å². The molecule has 2 aromatic heterocycles. The van der Waals surface area contributed by atoms with Crippen LogP contribution in [0.15, 0.2) is 35.6 Å². The Kier molecular flexibility index (Phi) is 7.86. The predicted octanol–water partition coefficient (Wildman–Crippen LogP) is 4.18. The number of halogens is 1. The van der Waals surface area contributed by atoms with Gasteiger partial charge in [0.2, 0.25) is 11.8 Å². The lowest BCUT2D eigenvalue weighted by Crippen LogP contribution is -2.31. The first kappa shape index (κ1) is 23.8. The van der Waals surface area contributed by atoms with E-state index in [0.717, 1.165) is 36.8 Å². The fourth-order valence-electron chi connectivity index (χ4n) is 4.33. The van der Waals surface area contributed by atoms with Gasteiger partial charge in [0, 0.05) is 24.3 Å². The zero-order valence-corrected chi connectivity index (χ0v) is 19.1. The smallest absolute Gasteiger partial charge is 0.244 e. The summed E-state index contributed by atoms with van der Waals surface area (Å²) in [7, 11) is 1.57. The highest BCUT2D eigenvalue weighted by molar-refractivity contribution is 5.87. The summed E-state index contributed by atoms with van der Waals surface area (Å²) in [5.74, 6) is 0.921. The lowest BCUT2D eigenvalue weighted by atomic mass is 9.93. The van der Waals surface area contributed by atoms with Gasteiger partial charge in [-0.3, -0.25) is 0 Å². The second-order valence-electron chi connectivity index (χ2n) is 8.14. The quantitative estimate of drug-likeness (QED) is 0.309. The molecule has 1 fully saturated rings. The minimum absolute atomic E-state index is 0.0455. The number of aromatic nitrogens is 3. The summed E-state index contributed by atoms with van der Waals surface area (Å²) < 4.78 is 25.7. The van der Waals surface area contributed by atoms with Crippen molar-refractivity contribution >= 4 is 22.8 Å². The Hall–Kier alpha value is -3.31. The van der Waals surface area contributed by atoms with Crippen LogP contribution in [0, 0.1) is 5.53 Å². The lowest BCUT2D eigenvalue weighted by Gasteiger charge is -2.29. The minimum Gasteiger partial charge on any atom is -0.479 e.